The Labute approximate surface area is 166 Å². The average Bonchev–Trinajstić information content (AvgIpc) is 2.95. The van der Waals surface area contributed by atoms with Gasteiger partial charge in [-0.3, -0.25) is 9.67 Å². The number of aromatic nitrogens is 2. The SMILES string of the molecule is CCNC(=NCCc1ccc(F)cc1C)NCCn1cc(C)cn1.I. The van der Waals surface area contributed by atoms with Crippen LogP contribution in [0.2, 0.25) is 0 Å². The van der Waals surface area contributed by atoms with Gasteiger partial charge in [-0.25, -0.2) is 4.39 Å². The monoisotopic (exact) mass is 459 g/mol. The average molecular weight is 459 g/mol. The fourth-order valence-electron chi connectivity index (χ4n) is 2.45. The number of aryl methyl sites for hydroxylation is 2. The molecule has 138 valence electrons. The number of aliphatic imine (C=N–C) groups is 1. The molecule has 0 amide bonds. The normalized spacial score (nSPS) is 11.1. The molecule has 0 spiro atoms. The molecule has 0 unspecified atom stereocenters. The topological polar surface area (TPSA) is 54.2 Å². The van der Waals surface area contributed by atoms with E-state index in [1.54, 1.807) is 6.07 Å². The van der Waals surface area contributed by atoms with Crippen molar-refractivity contribution in [3.8, 4) is 0 Å². The standard InChI is InChI=1S/C18H26FN5.HI/c1-4-20-18(22-9-10-24-13-14(2)12-23-24)21-8-7-16-5-6-17(19)11-15(16)3;/h5-6,11-13H,4,7-10H2,1-3H3,(H2,20,21,22);1H. The van der Waals surface area contributed by atoms with Crippen LogP contribution in [-0.2, 0) is 13.0 Å². The van der Waals surface area contributed by atoms with Crippen LogP contribution >= 0.6 is 24.0 Å². The molecule has 1 heterocycles. The minimum absolute atomic E-state index is 0. The molecular weight excluding hydrogens is 432 g/mol. The number of hydrogen-bond donors (Lipinski definition) is 2. The Bertz CT molecular complexity index is 684. The molecule has 0 bridgehead atoms. The van der Waals surface area contributed by atoms with Crippen LogP contribution < -0.4 is 10.6 Å². The molecule has 5 nitrogen and oxygen atoms in total. The van der Waals surface area contributed by atoms with E-state index in [0.717, 1.165) is 48.7 Å². The van der Waals surface area contributed by atoms with E-state index in [9.17, 15) is 4.39 Å². The van der Waals surface area contributed by atoms with Crippen molar-refractivity contribution in [2.24, 2.45) is 4.99 Å². The quantitative estimate of drug-likeness (QED) is 0.380. The Morgan fingerprint density at radius 1 is 1.28 bits per heavy atom. The maximum Gasteiger partial charge on any atom is 0.191 e. The molecule has 7 heteroatoms. The highest BCUT2D eigenvalue weighted by molar-refractivity contribution is 14.0. The van der Waals surface area contributed by atoms with Gasteiger partial charge in [-0.1, -0.05) is 6.07 Å². The van der Waals surface area contributed by atoms with Crippen LogP contribution in [0.25, 0.3) is 0 Å². The lowest BCUT2D eigenvalue weighted by molar-refractivity contribution is 0.597. The highest BCUT2D eigenvalue weighted by Gasteiger charge is 2.01. The third-order valence-corrected chi connectivity index (χ3v) is 3.70. The van der Waals surface area contributed by atoms with Gasteiger partial charge < -0.3 is 10.6 Å². The number of guanidine groups is 1. The number of nitrogens with one attached hydrogen (secondary N) is 2. The summed E-state index contributed by atoms with van der Waals surface area (Å²) in [7, 11) is 0. The first-order valence-corrected chi connectivity index (χ1v) is 8.34. The number of benzene rings is 1. The predicted molar refractivity (Wildman–Crippen MR) is 111 cm³/mol. The molecule has 0 fully saturated rings. The number of halogens is 2. The fourth-order valence-corrected chi connectivity index (χ4v) is 2.45. The molecule has 25 heavy (non-hydrogen) atoms. The predicted octanol–water partition coefficient (Wildman–Crippen LogP) is 3.05. The molecule has 0 aliphatic rings. The van der Waals surface area contributed by atoms with Crippen molar-refractivity contribution in [3.05, 3.63) is 53.1 Å². The van der Waals surface area contributed by atoms with Gasteiger partial charge in [-0.05, 0) is 56.0 Å². The molecule has 0 saturated heterocycles. The molecular formula is C18H27FIN5. The first-order valence-electron chi connectivity index (χ1n) is 8.34. The van der Waals surface area contributed by atoms with Gasteiger partial charge >= 0.3 is 0 Å². The first kappa shape index (κ1) is 21.4. The Morgan fingerprint density at radius 2 is 2.08 bits per heavy atom. The zero-order valence-electron chi connectivity index (χ0n) is 15.1. The Kier molecular flexibility index (Phi) is 9.48. The van der Waals surface area contributed by atoms with Crippen LogP contribution in [0.1, 0.15) is 23.6 Å². The van der Waals surface area contributed by atoms with E-state index < -0.39 is 0 Å². The molecule has 2 aromatic rings. The molecule has 2 rings (SSSR count). The molecule has 0 radical (unpaired) electrons. The van der Waals surface area contributed by atoms with Gasteiger partial charge in [0.05, 0.1) is 12.7 Å². The van der Waals surface area contributed by atoms with E-state index in [0.29, 0.717) is 6.54 Å². The smallest absolute Gasteiger partial charge is 0.191 e. The fraction of sp³-hybridized carbons (Fsp3) is 0.444. The van der Waals surface area contributed by atoms with Crippen LogP contribution in [0, 0.1) is 19.7 Å². The summed E-state index contributed by atoms with van der Waals surface area (Å²) in [5.41, 5.74) is 3.26. The minimum Gasteiger partial charge on any atom is -0.357 e. The van der Waals surface area contributed by atoms with Gasteiger partial charge in [0.15, 0.2) is 5.96 Å². The maximum absolute atomic E-state index is 13.1. The van der Waals surface area contributed by atoms with Crippen LogP contribution in [-0.4, -0.2) is 35.4 Å². The van der Waals surface area contributed by atoms with Gasteiger partial charge in [-0.2, -0.15) is 5.10 Å². The van der Waals surface area contributed by atoms with Crippen molar-refractivity contribution in [1.82, 2.24) is 20.4 Å². The van der Waals surface area contributed by atoms with E-state index in [4.69, 9.17) is 0 Å². The van der Waals surface area contributed by atoms with E-state index in [1.807, 2.05) is 43.9 Å². The second-order valence-electron chi connectivity index (χ2n) is 5.79. The van der Waals surface area contributed by atoms with Crippen molar-refractivity contribution in [2.75, 3.05) is 19.6 Å². The van der Waals surface area contributed by atoms with Crippen molar-refractivity contribution < 1.29 is 4.39 Å². The van der Waals surface area contributed by atoms with E-state index >= 15 is 0 Å². The molecule has 1 aromatic heterocycles. The Hall–Kier alpha value is -1.64. The maximum atomic E-state index is 13.1. The number of rotatable bonds is 7. The van der Waals surface area contributed by atoms with Crippen molar-refractivity contribution in [3.63, 3.8) is 0 Å². The van der Waals surface area contributed by atoms with E-state index in [-0.39, 0.29) is 29.8 Å². The summed E-state index contributed by atoms with van der Waals surface area (Å²) in [6.07, 6.45) is 4.66. The van der Waals surface area contributed by atoms with Gasteiger partial charge in [0.25, 0.3) is 0 Å². The molecule has 0 saturated carbocycles. The zero-order chi connectivity index (χ0) is 17.4. The lowest BCUT2D eigenvalue weighted by Crippen LogP contribution is -2.39. The van der Waals surface area contributed by atoms with Crippen LogP contribution in [0.5, 0.6) is 0 Å². The summed E-state index contributed by atoms with van der Waals surface area (Å²) in [6, 6.07) is 4.90. The summed E-state index contributed by atoms with van der Waals surface area (Å²) in [5, 5.41) is 10.8. The summed E-state index contributed by atoms with van der Waals surface area (Å²) < 4.78 is 15.0. The van der Waals surface area contributed by atoms with Crippen LogP contribution in [0.3, 0.4) is 0 Å². The highest BCUT2D eigenvalue weighted by atomic mass is 127. The van der Waals surface area contributed by atoms with Crippen molar-refractivity contribution >= 4 is 29.9 Å². The summed E-state index contributed by atoms with van der Waals surface area (Å²) in [5.74, 6) is 0.602. The second-order valence-corrected chi connectivity index (χ2v) is 5.79. The van der Waals surface area contributed by atoms with E-state index in [2.05, 4.69) is 20.7 Å². The second kappa shape index (κ2) is 11.1. The highest BCUT2D eigenvalue weighted by Crippen LogP contribution is 2.10. The first-order chi connectivity index (χ1) is 11.6. The molecule has 0 aliphatic heterocycles. The lowest BCUT2D eigenvalue weighted by atomic mass is 10.1. The lowest BCUT2D eigenvalue weighted by Gasteiger charge is -2.11. The zero-order valence-corrected chi connectivity index (χ0v) is 17.4. The van der Waals surface area contributed by atoms with Crippen molar-refractivity contribution in [2.45, 2.75) is 33.7 Å². The molecule has 1 aromatic carbocycles. The summed E-state index contributed by atoms with van der Waals surface area (Å²) >= 11 is 0. The van der Waals surface area contributed by atoms with Crippen LogP contribution in [0.4, 0.5) is 4.39 Å². The Morgan fingerprint density at radius 3 is 2.72 bits per heavy atom. The Balaban J connectivity index is 0.00000312. The third kappa shape index (κ3) is 7.41. The molecule has 0 aliphatic carbocycles. The third-order valence-electron chi connectivity index (χ3n) is 3.70. The molecule has 0 atom stereocenters. The van der Waals surface area contributed by atoms with E-state index in [1.165, 1.54) is 6.07 Å². The molecule has 2 N–H and O–H groups in total. The number of nitrogens with zero attached hydrogens (tertiary/aromatic N) is 3. The summed E-state index contributed by atoms with van der Waals surface area (Å²) in [6.45, 7) is 9.00. The minimum atomic E-state index is -0.191. The number of hydrogen-bond acceptors (Lipinski definition) is 2. The van der Waals surface area contributed by atoms with Gasteiger partial charge in [0.2, 0.25) is 0 Å². The van der Waals surface area contributed by atoms with Gasteiger partial charge in [0, 0.05) is 25.8 Å². The van der Waals surface area contributed by atoms with Gasteiger partial charge in [0.1, 0.15) is 5.82 Å². The van der Waals surface area contributed by atoms with Crippen molar-refractivity contribution in [1.29, 1.82) is 0 Å². The largest absolute Gasteiger partial charge is 0.357 e. The summed E-state index contributed by atoms with van der Waals surface area (Å²) in [4.78, 5) is 4.58. The van der Waals surface area contributed by atoms with Gasteiger partial charge in [-0.15, -0.1) is 24.0 Å². The van der Waals surface area contributed by atoms with Crippen LogP contribution in [0.15, 0.2) is 35.6 Å².